The molecule has 3 aromatic rings. The molecule has 1 atom stereocenters. The third-order valence-corrected chi connectivity index (χ3v) is 4.82. The summed E-state index contributed by atoms with van der Waals surface area (Å²) in [4.78, 5) is 27.0. The number of nitrogens with one attached hydrogen (secondary N) is 4. The molecule has 0 aliphatic carbocycles. The third kappa shape index (κ3) is 6.11. The standard InChI is InChI=1S/C24H26N4O3/c1-25-24(31)26-12-5-4-7-17-8-6-9-18(13-17)23(30)28-20(16-29)14-19-15-27-22-11-3-2-10-21(19)22/h2-3,6,8-11,13,15,20,27,29H,5,12,14,16H2,1H3,(H,28,30)(H2,25,26,31). The van der Waals surface area contributed by atoms with Crippen molar-refractivity contribution >= 4 is 22.8 Å². The van der Waals surface area contributed by atoms with Gasteiger partial charge in [0.1, 0.15) is 0 Å². The molecule has 5 N–H and O–H groups in total. The monoisotopic (exact) mass is 418 g/mol. The van der Waals surface area contributed by atoms with Crippen LogP contribution >= 0.6 is 0 Å². The number of amides is 3. The molecule has 0 spiro atoms. The van der Waals surface area contributed by atoms with Gasteiger partial charge < -0.3 is 26.0 Å². The van der Waals surface area contributed by atoms with Crippen molar-refractivity contribution in [2.24, 2.45) is 0 Å². The van der Waals surface area contributed by atoms with E-state index < -0.39 is 6.04 Å². The second-order valence-corrected chi connectivity index (χ2v) is 7.06. The van der Waals surface area contributed by atoms with Gasteiger partial charge in [0.2, 0.25) is 0 Å². The van der Waals surface area contributed by atoms with E-state index >= 15 is 0 Å². The maximum absolute atomic E-state index is 12.7. The van der Waals surface area contributed by atoms with Crippen molar-refractivity contribution in [1.82, 2.24) is 20.9 Å². The lowest BCUT2D eigenvalue weighted by Gasteiger charge is -2.16. The minimum atomic E-state index is -0.405. The number of H-pyrrole nitrogens is 1. The zero-order chi connectivity index (χ0) is 22.1. The van der Waals surface area contributed by atoms with Crippen LogP contribution in [0.1, 0.15) is 27.9 Å². The van der Waals surface area contributed by atoms with Crippen molar-refractivity contribution in [3.05, 3.63) is 71.4 Å². The minimum absolute atomic E-state index is 0.164. The molecule has 7 heteroatoms. The summed E-state index contributed by atoms with van der Waals surface area (Å²) in [5.74, 6) is 5.72. The Kier molecular flexibility index (Phi) is 7.68. The number of aliphatic hydroxyl groups excluding tert-OH is 1. The van der Waals surface area contributed by atoms with Gasteiger partial charge in [-0.2, -0.15) is 0 Å². The Morgan fingerprint density at radius 3 is 2.81 bits per heavy atom. The summed E-state index contributed by atoms with van der Waals surface area (Å²) in [6.07, 6.45) is 2.93. The van der Waals surface area contributed by atoms with E-state index in [4.69, 9.17) is 0 Å². The quantitative estimate of drug-likeness (QED) is 0.300. The number of para-hydroxylation sites is 1. The first-order valence-corrected chi connectivity index (χ1v) is 10.1. The molecular weight excluding hydrogens is 392 g/mol. The van der Waals surface area contributed by atoms with Gasteiger partial charge in [0.15, 0.2) is 0 Å². The summed E-state index contributed by atoms with van der Waals surface area (Å²) in [5.41, 5.74) is 3.26. The summed E-state index contributed by atoms with van der Waals surface area (Å²) >= 11 is 0. The van der Waals surface area contributed by atoms with Crippen molar-refractivity contribution < 1.29 is 14.7 Å². The van der Waals surface area contributed by atoms with Crippen LogP contribution in [0.25, 0.3) is 10.9 Å². The molecule has 0 saturated heterocycles. The smallest absolute Gasteiger partial charge is 0.314 e. The van der Waals surface area contributed by atoms with Crippen molar-refractivity contribution in [2.45, 2.75) is 18.9 Å². The molecule has 0 radical (unpaired) electrons. The van der Waals surface area contributed by atoms with Crippen LogP contribution in [0, 0.1) is 11.8 Å². The normalized spacial score (nSPS) is 11.3. The number of urea groups is 1. The zero-order valence-corrected chi connectivity index (χ0v) is 17.4. The average Bonchev–Trinajstić information content (AvgIpc) is 3.21. The maximum Gasteiger partial charge on any atom is 0.314 e. The van der Waals surface area contributed by atoms with Crippen LogP contribution in [0.15, 0.2) is 54.7 Å². The predicted molar refractivity (Wildman–Crippen MR) is 121 cm³/mol. The van der Waals surface area contributed by atoms with Gasteiger partial charge in [-0.15, -0.1) is 0 Å². The van der Waals surface area contributed by atoms with Gasteiger partial charge in [-0.25, -0.2) is 4.79 Å². The van der Waals surface area contributed by atoms with Crippen molar-refractivity contribution in [3.63, 3.8) is 0 Å². The lowest BCUT2D eigenvalue weighted by molar-refractivity contribution is 0.0916. The molecule has 0 saturated carbocycles. The van der Waals surface area contributed by atoms with Crippen LogP contribution in [0.5, 0.6) is 0 Å². The molecule has 3 amide bonds. The van der Waals surface area contributed by atoms with Crippen LogP contribution in [0.2, 0.25) is 0 Å². The number of aromatic amines is 1. The average molecular weight is 418 g/mol. The molecular formula is C24H26N4O3. The van der Waals surface area contributed by atoms with Crippen LogP contribution < -0.4 is 16.0 Å². The predicted octanol–water partition coefficient (Wildman–Crippen LogP) is 2.17. The lowest BCUT2D eigenvalue weighted by Crippen LogP contribution is -2.39. The van der Waals surface area contributed by atoms with E-state index in [9.17, 15) is 14.7 Å². The molecule has 7 nitrogen and oxygen atoms in total. The molecule has 1 heterocycles. The summed E-state index contributed by atoms with van der Waals surface area (Å²) in [7, 11) is 1.55. The van der Waals surface area contributed by atoms with Crippen LogP contribution in [-0.2, 0) is 6.42 Å². The molecule has 2 aromatic carbocycles. The number of hydrogen-bond acceptors (Lipinski definition) is 3. The second-order valence-electron chi connectivity index (χ2n) is 7.06. The van der Waals surface area contributed by atoms with Crippen molar-refractivity contribution in [2.75, 3.05) is 20.2 Å². The van der Waals surface area contributed by atoms with E-state index in [0.717, 1.165) is 16.5 Å². The molecule has 0 bridgehead atoms. The first-order valence-electron chi connectivity index (χ1n) is 10.1. The van der Waals surface area contributed by atoms with E-state index in [0.29, 0.717) is 30.5 Å². The Morgan fingerprint density at radius 2 is 2.00 bits per heavy atom. The SMILES string of the molecule is CNC(=O)NCCC#Cc1cccc(C(=O)NC(CO)Cc2c[nH]c3ccccc23)c1. The first-order chi connectivity index (χ1) is 15.1. The van der Waals surface area contributed by atoms with Gasteiger partial charge in [0.05, 0.1) is 12.6 Å². The number of fused-ring (bicyclic) bond motifs is 1. The molecule has 160 valence electrons. The molecule has 0 aliphatic rings. The van der Waals surface area contributed by atoms with Gasteiger partial charge in [-0.05, 0) is 36.2 Å². The first kappa shape index (κ1) is 21.9. The van der Waals surface area contributed by atoms with Crippen molar-refractivity contribution in [1.29, 1.82) is 0 Å². The van der Waals surface area contributed by atoms with E-state index in [2.05, 4.69) is 32.8 Å². The van der Waals surface area contributed by atoms with Gasteiger partial charge in [-0.1, -0.05) is 36.1 Å². The molecule has 3 rings (SSSR count). The largest absolute Gasteiger partial charge is 0.394 e. The second kappa shape index (κ2) is 10.9. The van der Waals surface area contributed by atoms with Gasteiger partial charge in [0, 0.05) is 48.2 Å². The van der Waals surface area contributed by atoms with E-state index in [-0.39, 0.29) is 18.5 Å². The van der Waals surface area contributed by atoms with Crippen molar-refractivity contribution in [3.8, 4) is 11.8 Å². The van der Waals surface area contributed by atoms with Crippen LogP contribution in [-0.4, -0.2) is 48.3 Å². The fraction of sp³-hybridized carbons (Fsp3) is 0.250. The van der Waals surface area contributed by atoms with Gasteiger partial charge in [-0.3, -0.25) is 4.79 Å². The van der Waals surface area contributed by atoms with Crippen LogP contribution in [0.4, 0.5) is 4.79 Å². The Morgan fingerprint density at radius 1 is 1.16 bits per heavy atom. The topological polar surface area (TPSA) is 106 Å². The lowest BCUT2D eigenvalue weighted by atomic mass is 10.0. The van der Waals surface area contributed by atoms with E-state index in [1.165, 1.54) is 0 Å². The van der Waals surface area contributed by atoms with Crippen LogP contribution in [0.3, 0.4) is 0 Å². The number of hydrogen-bond donors (Lipinski definition) is 5. The fourth-order valence-electron chi connectivity index (χ4n) is 3.23. The summed E-state index contributed by atoms with van der Waals surface area (Å²) in [6.45, 7) is 0.280. The molecule has 1 aromatic heterocycles. The number of rotatable bonds is 7. The minimum Gasteiger partial charge on any atom is -0.394 e. The summed E-state index contributed by atoms with van der Waals surface area (Å²) in [6, 6.07) is 14.3. The number of aliphatic hydroxyl groups is 1. The highest BCUT2D eigenvalue weighted by molar-refractivity contribution is 5.94. The fourth-order valence-corrected chi connectivity index (χ4v) is 3.23. The molecule has 0 aliphatic heterocycles. The van der Waals surface area contributed by atoms with Gasteiger partial charge in [0.25, 0.3) is 5.91 Å². The molecule has 1 unspecified atom stereocenters. The Bertz CT molecular complexity index is 1110. The molecule has 31 heavy (non-hydrogen) atoms. The highest BCUT2D eigenvalue weighted by Crippen LogP contribution is 2.19. The number of benzene rings is 2. The number of aromatic nitrogens is 1. The Labute approximate surface area is 181 Å². The highest BCUT2D eigenvalue weighted by atomic mass is 16.3. The van der Waals surface area contributed by atoms with Gasteiger partial charge >= 0.3 is 6.03 Å². The summed E-state index contributed by atoms with van der Waals surface area (Å²) < 4.78 is 0. The Hall–Kier alpha value is -3.76. The molecule has 0 fully saturated rings. The highest BCUT2D eigenvalue weighted by Gasteiger charge is 2.16. The third-order valence-electron chi connectivity index (χ3n) is 4.82. The van der Waals surface area contributed by atoms with E-state index in [1.54, 1.807) is 25.2 Å². The number of carbonyl (C=O) groups excluding carboxylic acids is 2. The maximum atomic E-state index is 12.7. The zero-order valence-electron chi connectivity index (χ0n) is 17.4. The Balaban J connectivity index is 1.60. The summed E-state index contributed by atoms with van der Waals surface area (Å²) in [5, 5.41) is 18.9. The van der Waals surface area contributed by atoms with E-state index in [1.807, 2.05) is 36.5 Å². The number of carbonyl (C=O) groups is 2.